The standard InChI is InChI=1S/C12H7F3N2/c13-12(14,15)7-1-2-8-9-3-4-16-6-11(9)17-10(8)5-7/h1-6,17H. The van der Waals surface area contributed by atoms with E-state index in [2.05, 4.69) is 9.97 Å². The quantitative estimate of drug-likeness (QED) is 0.632. The van der Waals surface area contributed by atoms with Crippen molar-refractivity contribution in [3.8, 4) is 0 Å². The molecular weight excluding hydrogens is 229 g/mol. The lowest BCUT2D eigenvalue weighted by molar-refractivity contribution is -0.137. The van der Waals surface area contributed by atoms with Gasteiger partial charge in [0.1, 0.15) is 0 Å². The number of nitrogens with one attached hydrogen (secondary N) is 1. The molecule has 0 spiro atoms. The van der Waals surface area contributed by atoms with Gasteiger partial charge < -0.3 is 4.98 Å². The molecule has 0 aliphatic heterocycles. The largest absolute Gasteiger partial charge is 0.416 e. The molecule has 0 saturated carbocycles. The first-order valence-electron chi connectivity index (χ1n) is 4.98. The van der Waals surface area contributed by atoms with Crippen LogP contribution < -0.4 is 0 Å². The molecule has 86 valence electrons. The third-order valence-electron chi connectivity index (χ3n) is 2.73. The molecule has 1 N–H and O–H groups in total. The number of hydrogen-bond donors (Lipinski definition) is 1. The number of aromatic nitrogens is 2. The molecule has 2 aromatic heterocycles. The predicted octanol–water partition coefficient (Wildman–Crippen LogP) is 3.73. The Morgan fingerprint density at radius 1 is 1.00 bits per heavy atom. The lowest BCUT2D eigenvalue weighted by Crippen LogP contribution is -2.03. The maximum Gasteiger partial charge on any atom is 0.416 e. The SMILES string of the molecule is FC(F)(F)c1ccc2c(c1)[nH]c1cnccc12. The zero-order valence-corrected chi connectivity index (χ0v) is 8.55. The van der Waals surface area contributed by atoms with E-state index in [0.717, 1.165) is 28.4 Å². The molecular formula is C12H7F3N2. The summed E-state index contributed by atoms with van der Waals surface area (Å²) in [6.07, 6.45) is -1.10. The topological polar surface area (TPSA) is 28.7 Å². The molecule has 0 aliphatic carbocycles. The third-order valence-corrected chi connectivity index (χ3v) is 2.73. The second-order valence-electron chi connectivity index (χ2n) is 3.80. The molecule has 0 amide bonds. The molecule has 0 aliphatic rings. The van der Waals surface area contributed by atoms with Crippen molar-refractivity contribution in [3.05, 3.63) is 42.2 Å². The zero-order chi connectivity index (χ0) is 12.0. The number of hydrogen-bond acceptors (Lipinski definition) is 1. The fourth-order valence-electron chi connectivity index (χ4n) is 1.93. The number of aromatic amines is 1. The number of H-pyrrole nitrogens is 1. The van der Waals surface area contributed by atoms with Gasteiger partial charge in [-0.3, -0.25) is 4.98 Å². The van der Waals surface area contributed by atoms with Gasteiger partial charge in [0.15, 0.2) is 0 Å². The van der Waals surface area contributed by atoms with E-state index in [-0.39, 0.29) is 0 Å². The van der Waals surface area contributed by atoms with Gasteiger partial charge in [0.25, 0.3) is 0 Å². The van der Waals surface area contributed by atoms with Crippen LogP contribution in [0.4, 0.5) is 13.2 Å². The van der Waals surface area contributed by atoms with E-state index in [4.69, 9.17) is 0 Å². The maximum absolute atomic E-state index is 12.5. The molecule has 0 atom stereocenters. The third kappa shape index (κ3) is 1.54. The molecule has 5 heteroatoms. The molecule has 2 nitrogen and oxygen atoms in total. The second-order valence-corrected chi connectivity index (χ2v) is 3.80. The van der Waals surface area contributed by atoms with Gasteiger partial charge in [0, 0.05) is 22.5 Å². The maximum atomic E-state index is 12.5. The lowest BCUT2D eigenvalue weighted by Gasteiger charge is -2.05. The molecule has 0 bridgehead atoms. The molecule has 3 rings (SSSR count). The molecule has 17 heavy (non-hydrogen) atoms. The highest BCUT2D eigenvalue weighted by molar-refractivity contribution is 6.06. The minimum Gasteiger partial charge on any atom is -0.353 e. The Bertz CT molecular complexity index is 698. The second kappa shape index (κ2) is 3.23. The van der Waals surface area contributed by atoms with Crippen LogP contribution in [0, 0.1) is 0 Å². The highest BCUT2D eigenvalue weighted by atomic mass is 19.4. The van der Waals surface area contributed by atoms with Gasteiger partial charge in [-0.1, -0.05) is 6.07 Å². The summed E-state index contributed by atoms with van der Waals surface area (Å²) in [6, 6.07) is 5.48. The molecule has 0 fully saturated rings. The average molecular weight is 236 g/mol. The van der Waals surface area contributed by atoms with E-state index in [1.54, 1.807) is 18.5 Å². The number of halogens is 3. The lowest BCUT2D eigenvalue weighted by atomic mass is 10.1. The van der Waals surface area contributed by atoms with Crippen molar-refractivity contribution in [1.82, 2.24) is 9.97 Å². The Labute approximate surface area is 94.1 Å². The van der Waals surface area contributed by atoms with Crippen molar-refractivity contribution in [3.63, 3.8) is 0 Å². The number of benzene rings is 1. The van der Waals surface area contributed by atoms with Crippen LogP contribution >= 0.6 is 0 Å². The monoisotopic (exact) mass is 236 g/mol. The van der Waals surface area contributed by atoms with Crippen molar-refractivity contribution in [1.29, 1.82) is 0 Å². The van der Waals surface area contributed by atoms with E-state index in [9.17, 15) is 13.2 Å². The molecule has 0 saturated heterocycles. The van der Waals surface area contributed by atoms with Crippen molar-refractivity contribution in [2.24, 2.45) is 0 Å². The minimum absolute atomic E-state index is 0.475. The van der Waals surface area contributed by atoms with Crippen LogP contribution in [0.1, 0.15) is 5.56 Å². The van der Waals surface area contributed by atoms with Crippen LogP contribution in [-0.2, 0) is 6.18 Å². The summed E-state index contributed by atoms with van der Waals surface area (Å²) in [6.45, 7) is 0. The smallest absolute Gasteiger partial charge is 0.353 e. The first-order chi connectivity index (χ1) is 8.05. The molecule has 0 radical (unpaired) electrons. The van der Waals surface area contributed by atoms with Crippen LogP contribution in [0.15, 0.2) is 36.7 Å². The van der Waals surface area contributed by atoms with Crippen LogP contribution in [0.2, 0.25) is 0 Å². The van der Waals surface area contributed by atoms with E-state index in [1.165, 1.54) is 6.07 Å². The number of alkyl halides is 3. The number of nitrogens with zero attached hydrogens (tertiary/aromatic N) is 1. The zero-order valence-electron chi connectivity index (χ0n) is 8.55. The fraction of sp³-hybridized carbons (Fsp3) is 0.0833. The average Bonchev–Trinajstić information content (AvgIpc) is 2.65. The van der Waals surface area contributed by atoms with Crippen LogP contribution in [-0.4, -0.2) is 9.97 Å². The Morgan fingerprint density at radius 3 is 2.53 bits per heavy atom. The van der Waals surface area contributed by atoms with Crippen molar-refractivity contribution in [2.45, 2.75) is 6.18 Å². The number of rotatable bonds is 0. The van der Waals surface area contributed by atoms with Crippen molar-refractivity contribution >= 4 is 21.8 Å². The van der Waals surface area contributed by atoms with E-state index < -0.39 is 11.7 Å². The Kier molecular flexibility index (Phi) is 1.92. The van der Waals surface area contributed by atoms with E-state index in [0.29, 0.717) is 5.52 Å². The molecule has 3 aromatic rings. The first kappa shape index (κ1) is 10.1. The normalized spacial score (nSPS) is 12.4. The number of pyridine rings is 1. The number of fused-ring (bicyclic) bond motifs is 3. The van der Waals surface area contributed by atoms with Gasteiger partial charge in [0.2, 0.25) is 0 Å². The highest BCUT2D eigenvalue weighted by Crippen LogP contribution is 2.33. The van der Waals surface area contributed by atoms with Gasteiger partial charge >= 0.3 is 6.18 Å². The summed E-state index contributed by atoms with van der Waals surface area (Å²) in [5, 5.41) is 1.65. The van der Waals surface area contributed by atoms with Gasteiger partial charge in [-0.05, 0) is 18.2 Å². The Balaban J connectivity index is 2.34. The first-order valence-corrected chi connectivity index (χ1v) is 4.98. The van der Waals surface area contributed by atoms with Crippen LogP contribution in [0.25, 0.3) is 21.8 Å². The van der Waals surface area contributed by atoms with Crippen molar-refractivity contribution in [2.75, 3.05) is 0 Å². The summed E-state index contributed by atoms with van der Waals surface area (Å²) in [7, 11) is 0. The Hall–Kier alpha value is -2.04. The van der Waals surface area contributed by atoms with Crippen LogP contribution in [0.5, 0.6) is 0 Å². The van der Waals surface area contributed by atoms with Crippen LogP contribution in [0.3, 0.4) is 0 Å². The van der Waals surface area contributed by atoms with E-state index in [1.807, 2.05) is 0 Å². The molecule has 1 aromatic carbocycles. The Morgan fingerprint density at radius 2 is 1.76 bits per heavy atom. The molecule has 2 heterocycles. The van der Waals surface area contributed by atoms with Gasteiger partial charge in [-0.25, -0.2) is 0 Å². The molecule has 0 unspecified atom stereocenters. The van der Waals surface area contributed by atoms with Crippen molar-refractivity contribution < 1.29 is 13.2 Å². The predicted molar refractivity (Wildman–Crippen MR) is 58.6 cm³/mol. The van der Waals surface area contributed by atoms with Gasteiger partial charge in [0.05, 0.1) is 17.3 Å². The van der Waals surface area contributed by atoms with E-state index >= 15 is 0 Å². The summed E-state index contributed by atoms with van der Waals surface area (Å²) < 4.78 is 37.6. The summed E-state index contributed by atoms with van der Waals surface area (Å²) in [4.78, 5) is 6.85. The summed E-state index contributed by atoms with van der Waals surface area (Å²) >= 11 is 0. The van der Waals surface area contributed by atoms with Gasteiger partial charge in [-0.2, -0.15) is 13.2 Å². The summed E-state index contributed by atoms with van der Waals surface area (Å²) in [5.74, 6) is 0. The fourth-order valence-corrected chi connectivity index (χ4v) is 1.93. The van der Waals surface area contributed by atoms with Gasteiger partial charge in [-0.15, -0.1) is 0 Å². The highest BCUT2D eigenvalue weighted by Gasteiger charge is 2.30. The minimum atomic E-state index is -4.32. The summed E-state index contributed by atoms with van der Waals surface area (Å²) in [5.41, 5.74) is 0.564.